The Hall–Kier alpha value is -2.02. The number of nitrogens with one attached hydrogen (secondary N) is 2. The topological polar surface area (TPSA) is 95.5 Å². The van der Waals surface area contributed by atoms with Crippen LogP contribution in [0.4, 0.5) is 5.69 Å². The number of aliphatic carboxylic acids is 1. The van der Waals surface area contributed by atoms with Crippen molar-refractivity contribution in [2.75, 3.05) is 17.6 Å². The minimum Gasteiger partial charge on any atom is -0.480 e. The van der Waals surface area contributed by atoms with E-state index in [0.717, 1.165) is 17.3 Å². The zero-order valence-electron chi connectivity index (χ0n) is 11.9. The van der Waals surface area contributed by atoms with Gasteiger partial charge in [-0.3, -0.25) is 14.4 Å². The first-order valence-electron chi connectivity index (χ1n) is 6.36. The zero-order valence-corrected chi connectivity index (χ0v) is 12.7. The van der Waals surface area contributed by atoms with Crippen LogP contribution in [0.25, 0.3) is 0 Å². The van der Waals surface area contributed by atoms with Crippen molar-refractivity contribution in [3.63, 3.8) is 0 Å². The summed E-state index contributed by atoms with van der Waals surface area (Å²) in [7, 11) is 0. The van der Waals surface area contributed by atoms with Gasteiger partial charge in [-0.1, -0.05) is 17.7 Å². The van der Waals surface area contributed by atoms with Crippen LogP contribution in [0.5, 0.6) is 0 Å². The first kappa shape index (κ1) is 17.0. The second-order valence-corrected chi connectivity index (χ2v) is 5.81. The van der Waals surface area contributed by atoms with Gasteiger partial charge in [-0.15, -0.1) is 11.8 Å². The van der Waals surface area contributed by atoms with Crippen LogP contribution in [0.2, 0.25) is 0 Å². The Bertz CT molecular complexity index is 516. The first-order valence-corrected chi connectivity index (χ1v) is 7.41. The monoisotopic (exact) mass is 310 g/mol. The standard InChI is InChI=1S/C14H18N2O4S/c1-9-3-5-11(6-4-9)16-12(17)8-21-10(2)14(20)15-7-13(18)19/h3-6,10H,7-8H2,1-2H3,(H,15,20)(H,16,17)(H,18,19). The maximum Gasteiger partial charge on any atom is 0.322 e. The molecule has 1 rings (SSSR count). The van der Waals surface area contributed by atoms with Crippen LogP contribution in [0.3, 0.4) is 0 Å². The molecule has 1 atom stereocenters. The summed E-state index contributed by atoms with van der Waals surface area (Å²) in [5.41, 5.74) is 1.81. The molecule has 6 nitrogen and oxygen atoms in total. The van der Waals surface area contributed by atoms with Crippen molar-refractivity contribution in [3.8, 4) is 0 Å². The lowest BCUT2D eigenvalue weighted by atomic mass is 10.2. The molecule has 0 radical (unpaired) electrons. The van der Waals surface area contributed by atoms with Crippen LogP contribution in [-0.2, 0) is 14.4 Å². The molecule has 2 amide bonds. The van der Waals surface area contributed by atoms with Gasteiger partial charge in [0.1, 0.15) is 6.54 Å². The van der Waals surface area contributed by atoms with E-state index in [1.165, 1.54) is 0 Å². The molecule has 0 aliphatic heterocycles. The van der Waals surface area contributed by atoms with Gasteiger partial charge in [0.15, 0.2) is 0 Å². The SMILES string of the molecule is Cc1ccc(NC(=O)CSC(C)C(=O)NCC(=O)O)cc1. The Morgan fingerprint density at radius 2 is 1.86 bits per heavy atom. The maximum atomic E-state index is 11.7. The summed E-state index contributed by atoms with van der Waals surface area (Å²) in [6.45, 7) is 3.17. The van der Waals surface area contributed by atoms with Crippen LogP contribution >= 0.6 is 11.8 Å². The van der Waals surface area contributed by atoms with E-state index in [1.807, 2.05) is 19.1 Å². The van der Waals surface area contributed by atoms with Crippen molar-refractivity contribution in [2.24, 2.45) is 0 Å². The first-order chi connectivity index (χ1) is 9.88. The Morgan fingerprint density at radius 1 is 1.24 bits per heavy atom. The third-order valence-corrected chi connectivity index (χ3v) is 3.73. The Labute approximate surface area is 127 Å². The fourth-order valence-corrected chi connectivity index (χ4v) is 2.13. The van der Waals surface area contributed by atoms with E-state index in [9.17, 15) is 14.4 Å². The number of benzene rings is 1. The van der Waals surface area contributed by atoms with E-state index < -0.39 is 23.7 Å². The van der Waals surface area contributed by atoms with Crippen molar-refractivity contribution < 1.29 is 19.5 Å². The number of carboxylic acid groups (broad SMARTS) is 1. The predicted molar refractivity (Wildman–Crippen MR) is 82.4 cm³/mol. The fraction of sp³-hybridized carbons (Fsp3) is 0.357. The molecule has 0 aromatic heterocycles. The van der Waals surface area contributed by atoms with Gasteiger partial charge in [0.25, 0.3) is 0 Å². The summed E-state index contributed by atoms with van der Waals surface area (Å²) in [6.07, 6.45) is 0. The molecule has 0 saturated heterocycles. The van der Waals surface area contributed by atoms with E-state index in [-0.39, 0.29) is 11.7 Å². The number of carbonyl (C=O) groups is 3. The predicted octanol–water partition coefficient (Wildman–Crippen LogP) is 1.26. The van der Waals surface area contributed by atoms with E-state index in [0.29, 0.717) is 5.69 Å². The molecule has 0 aliphatic carbocycles. The van der Waals surface area contributed by atoms with E-state index in [1.54, 1.807) is 19.1 Å². The molecule has 0 heterocycles. The molecule has 7 heteroatoms. The lowest BCUT2D eigenvalue weighted by Gasteiger charge is -2.11. The van der Waals surface area contributed by atoms with Gasteiger partial charge in [0.05, 0.1) is 11.0 Å². The molecule has 1 aromatic rings. The van der Waals surface area contributed by atoms with Gasteiger partial charge >= 0.3 is 5.97 Å². The van der Waals surface area contributed by atoms with Gasteiger partial charge in [-0.25, -0.2) is 0 Å². The van der Waals surface area contributed by atoms with E-state index >= 15 is 0 Å². The van der Waals surface area contributed by atoms with E-state index in [4.69, 9.17) is 5.11 Å². The van der Waals surface area contributed by atoms with E-state index in [2.05, 4.69) is 10.6 Å². The number of thioether (sulfide) groups is 1. The molecule has 0 fully saturated rings. The van der Waals surface area contributed by atoms with Crippen LogP contribution in [0.1, 0.15) is 12.5 Å². The molecule has 0 aliphatic rings. The summed E-state index contributed by atoms with van der Waals surface area (Å²) in [6, 6.07) is 7.40. The number of hydrogen-bond acceptors (Lipinski definition) is 4. The zero-order chi connectivity index (χ0) is 15.8. The lowest BCUT2D eigenvalue weighted by molar-refractivity contribution is -0.137. The normalized spacial score (nSPS) is 11.5. The maximum absolute atomic E-state index is 11.7. The number of rotatable bonds is 7. The van der Waals surface area contributed by atoms with Crippen LogP contribution < -0.4 is 10.6 Å². The molecular weight excluding hydrogens is 292 g/mol. The number of amides is 2. The summed E-state index contributed by atoms with van der Waals surface area (Å²) in [5, 5.41) is 13.0. The highest BCUT2D eigenvalue weighted by atomic mass is 32.2. The highest BCUT2D eigenvalue weighted by Crippen LogP contribution is 2.13. The minimum atomic E-state index is -1.10. The van der Waals surface area contributed by atoms with Gasteiger partial charge in [-0.2, -0.15) is 0 Å². The number of anilines is 1. The molecule has 3 N–H and O–H groups in total. The molecule has 1 unspecified atom stereocenters. The molecular formula is C14H18N2O4S. The number of aryl methyl sites for hydroxylation is 1. The van der Waals surface area contributed by atoms with Crippen LogP contribution in [-0.4, -0.2) is 40.4 Å². The third-order valence-electron chi connectivity index (χ3n) is 2.58. The lowest BCUT2D eigenvalue weighted by Crippen LogP contribution is -2.35. The smallest absolute Gasteiger partial charge is 0.322 e. The Balaban J connectivity index is 2.33. The highest BCUT2D eigenvalue weighted by Gasteiger charge is 2.15. The Morgan fingerprint density at radius 3 is 2.43 bits per heavy atom. The third kappa shape index (κ3) is 6.80. The fourth-order valence-electron chi connectivity index (χ4n) is 1.42. The van der Waals surface area contributed by atoms with Crippen molar-refractivity contribution in [1.82, 2.24) is 5.32 Å². The second kappa shape index (κ2) is 8.31. The minimum absolute atomic E-state index is 0.121. The molecule has 21 heavy (non-hydrogen) atoms. The van der Waals surface area contributed by atoms with Crippen molar-refractivity contribution in [1.29, 1.82) is 0 Å². The van der Waals surface area contributed by atoms with Gasteiger partial charge < -0.3 is 15.7 Å². The van der Waals surface area contributed by atoms with Crippen LogP contribution in [0.15, 0.2) is 24.3 Å². The molecule has 0 bridgehead atoms. The summed E-state index contributed by atoms with van der Waals surface area (Å²) >= 11 is 1.15. The molecule has 0 saturated carbocycles. The number of carbonyl (C=O) groups excluding carboxylic acids is 2. The quantitative estimate of drug-likeness (QED) is 0.704. The van der Waals surface area contributed by atoms with Gasteiger partial charge in [0, 0.05) is 5.69 Å². The molecule has 114 valence electrons. The largest absolute Gasteiger partial charge is 0.480 e. The number of hydrogen-bond donors (Lipinski definition) is 3. The summed E-state index contributed by atoms with van der Waals surface area (Å²) < 4.78 is 0. The van der Waals surface area contributed by atoms with Gasteiger partial charge in [0.2, 0.25) is 11.8 Å². The molecule has 1 aromatic carbocycles. The summed E-state index contributed by atoms with van der Waals surface area (Å²) in [4.78, 5) is 33.6. The highest BCUT2D eigenvalue weighted by molar-refractivity contribution is 8.01. The van der Waals surface area contributed by atoms with Crippen molar-refractivity contribution in [3.05, 3.63) is 29.8 Å². The average molecular weight is 310 g/mol. The van der Waals surface area contributed by atoms with Crippen molar-refractivity contribution in [2.45, 2.75) is 19.1 Å². The second-order valence-electron chi connectivity index (χ2n) is 4.48. The summed E-state index contributed by atoms with van der Waals surface area (Å²) in [5.74, 6) is -1.58. The van der Waals surface area contributed by atoms with Gasteiger partial charge in [-0.05, 0) is 26.0 Å². The Kier molecular flexibility index (Phi) is 6.74. The van der Waals surface area contributed by atoms with Crippen LogP contribution in [0, 0.1) is 6.92 Å². The average Bonchev–Trinajstić information content (AvgIpc) is 2.44. The van der Waals surface area contributed by atoms with Crippen molar-refractivity contribution >= 4 is 35.2 Å². The molecule has 0 spiro atoms. The number of carboxylic acids is 1.